The molecule has 0 fully saturated rings. The Labute approximate surface area is 107 Å². The highest BCUT2D eigenvalue weighted by molar-refractivity contribution is 7.89. The van der Waals surface area contributed by atoms with Crippen LogP contribution in [-0.2, 0) is 14.8 Å². The molecule has 6 heteroatoms. The Morgan fingerprint density at radius 2 is 1.94 bits per heavy atom. The van der Waals surface area contributed by atoms with Gasteiger partial charge in [0.2, 0.25) is 15.9 Å². The third kappa shape index (κ3) is 4.31. The molecule has 0 atom stereocenters. The summed E-state index contributed by atoms with van der Waals surface area (Å²) in [6, 6.07) is 6.40. The predicted molar refractivity (Wildman–Crippen MR) is 69.6 cm³/mol. The molecule has 0 heterocycles. The van der Waals surface area contributed by atoms with E-state index in [9.17, 15) is 13.2 Å². The van der Waals surface area contributed by atoms with Crippen molar-refractivity contribution in [1.29, 1.82) is 0 Å². The standard InChI is InChI=1S/C12H16N2O3S/c1-3-8-13-12(15)9-14-18(16,17)11-6-4-10(2)5-7-11/h3-7,14H,1,8-9H2,2H3,(H,13,15). The summed E-state index contributed by atoms with van der Waals surface area (Å²) < 4.78 is 25.9. The second-order valence-corrected chi connectivity index (χ2v) is 5.50. The summed E-state index contributed by atoms with van der Waals surface area (Å²) in [5.74, 6) is -0.398. The smallest absolute Gasteiger partial charge is 0.241 e. The van der Waals surface area contributed by atoms with Crippen molar-refractivity contribution >= 4 is 15.9 Å². The van der Waals surface area contributed by atoms with E-state index >= 15 is 0 Å². The molecule has 0 aliphatic rings. The molecular weight excluding hydrogens is 252 g/mol. The average Bonchev–Trinajstić information content (AvgIpc) is 2.34. The lowest BCUT2D eigenvalue weighted by molar-refractivity contribution is -0.119. The van der Waals surface area contributed by atoms with E-state index in [1.54, 1.807) is 12.1 Å². The van der Waals surface area contributed by atoms with Gasteiger partial charge >= 0.3 is 0 Å². The van der Waals surface area contributed by atoms with Crippen LogP contribution in [-0.4, -0.2) is 27.4 Å². The highest BCUT2D eigenvalue weighted by Crippen LogP contribution is 2.09. The van der Waals surface area contributed by atoms with Crippen LogP contribution in [0.4, 0.5) is 0 Å². The second-order valence-electron chi connectivity index (χ2n) is 3.73. The van der Waals surface area contributed by atoms with Crippen LogP contribution in [0.5, 0.6) is 0 Å². The lowest BCUT2D eigenvalue weighted by atomic mass is 10.2. The molecule has 0 aliphatic carbocycles. The zero-order valence-corrected chi connectivity index (χ0v) is 11.0. The van der Waals surface area contributed by atoms with Gasteiger partial charge in [-0.15, -0.1) is 6.58 Å². The summed E-state index contributed by atoms with van der Waals surface area (Å²) in [6.45, 7) is 5.33. The monoisotopic (exact) mass is 268 g/mol. The summed E-state index contributed by atoms with van der Waals surface area (Å²) >= 11 is 0. The van der Waals surface area contributed by atoms with Crippen LogP contribution in [0.1, 0.15) is 5.56 Å². The number of hydrogen-bond acceptors (Lipinski definition) is 3. The summed E-state index contributed by atoms with van der Waals surface area (Å²) in [5, 5.41) is 2.48. The summed E-state index contributed by atoms with van der Waals surface area (Å²) in [6.07, 6.45) is 1.52. The molecule has 1 aromatic carbocycles. The fraction of sp³-hybridized carbons (Fsp3) is 0.250. The van der Waals surface area contributed by atoms with Gasteiger partial charge in [0.05, 0.1) is 11.4 Å². The summed E-state index contributed by atoms with van der Waals surface area (Å²) in [5.41, 5.74) is 0.970. The lowest BCUT2D eigenvalue weighted by Crippen LogP contribution is -2.36. The van der Waals surface area contributed by atoms with Gasteiger partial charge in [0.1, 0.15) is 0 Å². The Morgan fingerprint density at radius 3 is 2.50 bits per heavy atom. The van der Waals surface area contributed by atoms with Crippen molar-refractivity contribution < 1.29 is 13.2 Å². The number of rotatable bonds is 6. The molecule has 0 saturated heterocycles. The van der Waals surface area contributed by atoms with Crippen LogP contribution >= 0.6 is 0 Å². The molecule has 1 amide bonds. The van der Waals surface area contributed by atoms with Crippen molar-refractivity contribution in [1.82, 2.24) is 10.0 Å². The number of carbonyl (C=O) groups excluding carboxylic acids is 1. The molecule has 0 saturated carbocycles. The first-order valence-corrected chi connectivity index (χ1v) is 6.88. The van der Waals surface area contributed by atoms with Gasteiger partial charge in [-0.25, -0.2) is 13.1 Å². The molecular formula is C12H16N2O3S. The van der Waals surface area contributed by atoms with Gasteiger partial charge in [-0.2, -0.15) is 0 Å². The molecule has 0 aliphatic heterocycles. The maximum absolute atomic E-state index is 11.8. The van der Waals surface area contributed by atoms with E-state index in [2.05, 4.69) is 16.6 Å². The fourth-order valence-electron chi connectivity index (χ4n) is 1.21. The van der Waals surface area contributed by atoms with Crippen LogP contribution < -0.4 is 10.0 Å². The van der Waals surface area contributed by atoms with Crippen LogP contribution in [0.3, 0.4) is 0 Å². The van der Waals surface area contributed by atoms with E-state index in [0.717, 1.165) is 5.56 Å². The highest BCUT2D eigenvalue weighted by atomic mass is 32.2. The average molecular weight is 268 g/mol. The molecule has 98 valence electrons. The SMILES string of the molecule is C=CCNC(=O)CNS(=O)(=O)c1ccc(C)cc1. The molecule has 0 spiro atoms. The first-order chi connectivity index (χ1) is 8.45. The largest absolute Gasteiger partial charge is 0.352 e. The number of nitrogens with one attached hydrogen (secondary N) is 2. The molecule has 0 bridgehead atoms. The van der Waals surface area contributed by atoms with Gasteiger partial charge in [0.25, 0.3) is 0 Å². The van der Waals surface area contributed by atoms with Gasteiger partial charge in [0, 0.05) is 6.54 Å². The number of sulfonamides is 1. The molecule has 0 radical (unpaired) electrons. The van der Waals surface area contributed by atoms with Gasteiger partial charge in [-0.3, -0.25) is 4.79 Å². The van der Waals surface area contributed by atoms with Crippen molar-refractivity contribution in [3.05, 3.63) is 42.5 Å². The van der Waals surface area contributed by atoms with E-state index in [0.29, 0.717) is 6.54 Å². The minimum atomic E-state index is -3.63. The van der Waals surface area contributed by atoms with Crippen molar-refractivity contribution in [2.24, 2.45) is 0 Å². The number of carbonyl (C=O) groups is 1. The van der Waals surface area contributed by atoms with Crippen molar-refractivity contribution in [3.63, 3.8) is 0 Å². The Morgan fingerprint density at radius 1 is 1.33 bits per heavy atom. The quantitative estimate of drug-likeness (QED) is 0.741. The first-order valence-electron chi connectivity index (χ1n) is 5.39. The van der Waals surface area contributed by atoms with Crippen LogP contribution in [0.2, 0.25) is 0 Å². The van der Waals surface area contributed by atoms with Gasteiger partial charge in [-0.1, -0.05) is 23.8 Å². The molecule has 1 rings (SSSR count). The van der Waals surface area contributed by atoms with Gasteiger partial charge in [-0.05, 0) is 19.1 Å². The Kier molecular flexibility index (Phi) is 5.06. The predicted octanol–water partition coefficient (Wildman–Crippen LogP) is 0.576. The highest BCUT2D eigenvalue weighted by Gasteiger charge is 2.14. The van der Waals surface area contributed by atoms with Crippen molar-refractivity contribution in [2.75, 3.05) is 13.1 Å². The topological polar surface area (TPSA) is 75.3 Å². The van der Waals surface area contributed by atoms with E-state index in [1.165, 1.54) is 18.2 Å². The molecule has 18 heavy (non-hydrogen) atoms. The molecule has 0 aromatic heterocycles. The zero-order chi connectivity index (χ0) is 13.6. The fourth-order valence-corrected chi connectivity index (χ4v) is 2.19. The molecule has 0 unspecified atom stereocenters. The number of amides is 1. The number of aryl methyl sites for hydroxylation is 1. The normalized spacial score (nSPS) is 10.9. The Bertz CT molecular complexity index is 521. The molecule has 1 aromatic rings. The minimum Gasteiger partial charge on any atom is -0.352 e. The van der Waals surface area contributed by atoms with Gasteiger partial charge < -0.3 is 5.32 Å². The van der Waals surface area contributed by atoms with Crippen LogP contribution in [0.15, 0.2) is 41.8 Å². The number of benzene rings is 1. The van der Waals surface area contributed by atoms with E-state index < -0.39 is 15.9 Å². The lowest BCUT2D eigenvalue weighted by Gasteiger charge is -2.07. The Balaban J connectivity index is 2.62. The second kappa shape index (κ2) is 6.32. The van der Waals surface area contributed by atoms with E-state index in [4.69, 9.17) is 0 Å². The van der Waals surface area contributed by atoms with Crippen molar-refractivity contribution in [2.45, 2.75) is 11.8 Å². The van der Waals surface area contributed by atoms with Crippen LogP contribution in [0, 0.1) is 6.92 Å². The molecule has 2 N–H and O–H groups in total. The third-order valence-electron chi connectivity index (χ3n) is 2.20. The first kappa shape index (κ1) is 14.4. The van der Waals surface area contributed by atoms with Crippen molar-refractivity contribution in [3.8, 4) is 0 Å². The maximum Gasteiger partial charge on any atom is 0.241 e. The van der Waals surface area contributed by atoms with E-state index in [-0.39, 0.29) is 11.4 Å². The maximum atomic E-state index is 11.8. The van der Waals surface area contributed by atoms with Crippen LogP contribution in [0.25, 0.3) is 0 Å². The molecule has 5 nitrogen and oxygen atoms in total. The summed E-state index contributed by atoms with van der Waals surface area (Å²) in [7, 11) is -3.63. The third-order valence-corrected chi connectivity index (χ3v) is 3.61. The minimum absolute atomic E-state index is 0.143. The Hall–Kier alpha value is -1.66. The number of hydrogen-bond donors (Lipinski definition) is 2. The zero-order valence-electron chi connectivity index (χ0n) is 10.1. The van der Waals surface area contributed by atoms with E-state index in [1.807, 2.05) is 6.92 Å². The summed E-state index contributed by atoms with van der Waals surface area (Å²) in [4.78, 5) is 11.4. The van der Waals surface area contributed by atoms with Gasteiger partial charge in [0.15, 0.2) is 0 Å².